The monoisotopic (exact) mass is 276 g/mol. The standard InChI is InChI=1S/C13H28O2.2C2H6/c1-11(2,3)8-10(14)12(4,5)9-13(6,7)15;2*1-2/h10,14-15H,8-9H2,1-7H3;2*1-2H3. The van der Waals surface area contributed by atoms with Crippen LogP contribution in [0.25, 0.3) is 0 Å². The van der Waals surface area contributed by atoms with Crippen LogP contribution in [0.1, 0.15) is 89.0 Å². The summed E-state index contributed by atoms with van der Waals surface area (Å²) in [5.41, 5.74) is -0.843. The highest BCUT2D eigenvalue weighted by Crippen LogP contribution is 2.36. The third kappa shape index (κ3) is 15.9. The van der Waals surface area contributed by atoms with E-state index in [1.807, 2.05) is 41.5 Å². The Morgan fingerprint density at radius 2 is 1.11 bits per heavy atom. The van der Waals surface area contributed by atoms with Gasteiger partial charge in [-0.2, -0.15) is 0 Å². The molecule has 0 aromatic carbocycles. The highest BCUT2D eigenvalue weighted by Gasteiger charge is 2.35. The van der Waals surface area contributed by atoms with E-state index in [4.69, 9.17) is 0 Å². The first-order chi connectivity index (χ1) is 8.33. The van der Waals surface area contributed by atoms with Crippen molar-refractivity contribution in [2.75, 3.05) is 0 Å². The molecule has 0 aliphatic heterocycles. The molecule has 2 heteroatoms. The molecule has 0 bridgehead atoms. The van der Waals surface area contributed by atoms with Gasteiger partial charge in [0.25, 0.3) is 0 Å². The molecule has 0 aliphatic carbocycles. The Morgan fingerprint density at radius 3 is 1.32 bits per heavy atom. The topological polar surface area (TPSA) is 40.5 Å². The largest absolute Gasteiger partial charge is 0.393 e. The van der Waals surface area contributed by atoms with E-state index in [0.29, 0.717) is 6.42 Å². The average molecular weight is 277 g/mol. The minimum absolute atomic E-state index is 0.121. The summed E-state index contributed by atoms with van der Waals surface area (Å²) in [7, 11) is 0. The number of hydrogen-bond donors (Lipinski definition) is 2. The predicted octanol–water partition coefficient (Wildman–Crippen LogP) is 5.02. The Bertz CT molecular complexity index is 194. The second-order valence-corrected chi connectivity index (χ2v) is 7.26. The molecule has 1 unspecified atom stereocenters. The lowest BCUT2D eigenvalue weighted by Gasteiger charge is -2.38. The third-order valence-electron chi connectivity index (χ3n) is 2.60. The van der Waals surface area contributed by atoms with Gasteiger partial charge in [0.1, 0.15) is 0 Å². The smallest absolute Gasteiger partial charge is 0.0597 e. The first-order valence-corrected chi connectivity index (χ1v) is 7.74. The molecular formula is C17H40O2. The Balaban J connectivity index is -0.000000579. The molecule has 1 atom stereocenters. The fourth-order valence-electron chi connectivity index (χ4n) is 2.09. The molecule has 0 aromatic rings. The number of aliphatic hydroxyl groups is 2. The van der Waals surface area contributed by atoms with Crippen molar-refractivity contribution < 1.29 is 10.2 Å². The van der Waals surface area contributed by atoms with Crippen LogP contribution < -0.4 is 0 Å². The molecule has 0 amide bonds. The maximum Gasteiger partial charge on any atom is 0.0597 e. The minimum atomic E-state index is -0.720. The summed E-state index contributed by atoms with van der Waals surface area (Å²) < 4.78 is 0. The lowest BCUT2D eigenvalue weighted by molar-refractivity contribution is -0.0415. The van der Waals surface area contributed by atoms with Gasteiger partial charge < -0.3 is 10.2 Å². The zero-order chi connectivity index (χ0) is 16.5. The van der Waals surface area contributed by atoms with Crippen LogP contribution in [0.3, 0.4) is 0 Å². The molecule has 2 N–H and O–H groups in total. The summed E-state index contributed by atoms with van der Waals surface area (Å²) in [5.74, 6) is 0. The van der Waals surface area contributed by atoms with Crippen LogP contribution in [0.5, 0.6) is 0 Å². The third-order valence-corrected chi connectivity index (χ3v) is 2.60. The van der Waals surface area contributed by atoms with Crippen molar-refractivity contribution in [2.24, 2.45) is 10.8 Å². The highest BCUT2D eigenvalue weighted by molar-refractivity contribution is 4.86. The van der Waals surface area contributed by atoms with Crippen LogP contribution in [0.4, 0.5) is 0 Å². The van der Waals surface area contributed by atoms with E-state index < -0.39 is 5.60 Å². The van der Waals surface area contributed by atoms with E-state index in [1.165, 1.54) is 0 Å². The molecule has 0 saturated heterocycles. The van der Waals surface area contributed by atoms with Gasteiger partial charge in [-0.1, -0.05) is 62.3 Å². The van der Waals surface area contributed by atoms with Crippen LogP contribution in [0, 0.1) is 10.8 Å². The van der Waals surface area contributed by atoms with Crippen LogP contribution in [-0.2, 0) is 0 Å². The summed E-state index contributed by atoms with van der Waals surface area (Å²) >= 11 is 0. The average Bonchev–Trinajstić information content (AvgIpc) is 2.17. The fourth-order valence-corrected chi connectivity index (χ4v) is 2.09. The first-order valence-electron chi connectivity index (χ1n) is 7.74. The molecule has 120 valence electrons. The molecule has 0 heterocycles. The van der Waals surface area contributed by atoms with Crippen LogP contribution >= 0.6 is 0 Å². The summed E-state index contributed by atoms with van der Waals surface area (Å²) in [6.07, 6.45) is 0.997. The summed E-state index contributed by atoms with van der Waals surface area (Å²) in [6.45, 7) is 22.0. The van der Waals surface area contributed by atoms with Gasteiger partial charge in [0.05, 0.1) is 11.7 Å². The van der Waals surface area contributed by atoms with E-state index in [-0.39, 0.29) is 16.9 Å². The van der Waals surface area contributed by atoms with E-state index in [1.54, 1.807) is 13.8 Å². The summed E-state index contributed by atoms with van der Waals surface area (Å²) in [4.78, 5) is 0. The Morgan fingerprint density at radius 1 is 0.789 bits per heavy atom. The van der Waals surface area contributed by atoms with E-state index in [9.17, 15) is 10.2 Å². The molecule has 2 nitrogen and oxygen atoms in total. The molecule has 0 aliphatic rings. The number of rotatable bonds is 4. The van der Waals surface area contributed by atoms with E-state index in [2.05, 4.69) is 20.8 Å². The quantitative estimate of drug-likeness (QED) is 0.756. The molecule has 0 radical (unpaired) electrons. The van der Waals surface area contributed by atoms with Crippen molar-refractivity contribution in [3.63, 3.8) is 0 Å². The van der Waals surface area contributed by atoms with Gasteiger partial charge in [-0.3, -0.25) is 0 Å². The van der Waals surface area contributed by atoms with Crippen molar-refractivity contribution in [3.8, 4) is 0 Å². The lowest BCUT2D eigenvalue weighted by Crippen LogP contribution is -2.38. The van der Waals surface area contributed by atoms with Crippen LogP contribution in [-0.4, -0.2) is 21.9 Å². The van der Waals surface area contributed by atoms with Gasteiger partial charge in [-0.15, -0.1) is 0 Å². The first kappa shape index (κ1) is 24.0. The van der Waals surface area contributed by atoms with Crippen molar-refractivity contribution in [3.05, 3.63) is 0 Å². The second kappa shape index (κ2) is 9.77. The molecule has 0 rings (SSSR count). The maximum atomic E-state index is 10.2. The number of aliphatic hydroxyl groups excluding tert-OH is 1. The molecule has 19 heavy (non-hydrogen) atoms. The Hall–Kier alpha value is -0.0800. The van der Waals surface area contributed by atoms with E-state index in [0.717, 1.165) is 6.42 Å². The minimum Gasteiger partial charge on any atom is -0.393 e. The Labute approximate surface area is 122 Å². The number of hydrogen-bond acceptors (Lipinski definition) is 2. The lowest BCUT2D eigenvalue weighted by atomic mass is 9.72. The Kier molecular flexibility index (Phi) is 12.3. The SMILES string of the molecule is CC.CC.CC(C)(C)CC(O)C(C)(C)CC(C)(C)O. The molecule has 0 fully saturated rings. The van der Waals surface area contributed by atoms with Gasteiger partial charge >= 0.3 is 0 Å². The van der Waals surface area contributed by atoms with Crippen molar-refractivity contribution in [2.45, 2.75) is 101 Å². The normalized spacial score (nSPS) is 13.7. The second-order valence-electron chi connectivity index (χ2n) is 7.26. The van der Waals surface area contributed by atoms with Gasteiger partial charge in [-0.25, -0.2) is 0 Å². The zero-order valence-corrected chi connectivity index (χ0v) is 15.4. The fraction of sp³-hybridized carbons (Fsp3) is 1.00. The van der Waals surface area contributed by atoms with E-state index >= 15 is 0 Å². The van der Waals surface area contributed by atoms with Crippen LogP contribution in [0.2, 0.25) is 0 Å². The van der Waals surface area contributed by atoms with Crippen LogP contribution in [0.15, 0.2) is 0 Å². The summed E-state index contributed by atoms with van der Waals surface area (Å²) in [6, 6.07) is 0. The predicted molar refractivity (Wildman–Crippen MR) is 87.5 cm³/mol. The van der Waals surface area contributed by atoms with Gasteiger partial charge in [0.2, 0.25) is 0 Å². The van der Waals surface area contributed by atoms with Crippen molar-refractivity contribution in [1.29, 1.82) is 0 Å². The zero-order valence-electron chi connectivity index (χ0n) is 15.4. The van der Waals surface area contributed by atoms with Gasteiger partial charge in [-0.05, 0) is 37.5 Å². The summed E-state index contributed by atoms with van der Waals surface area (Å²) in [5, 5.41) is 20.0. The molecule has 0 aromatic heterocycles. The molecule has 0 saturated carbocycles. The molecule has 0 spiro atoms. The van der Waals surface area contributed by atoms with Crippen molar-refractivity contribution in [1.82, 2.24) is 0 Å². The maximum absolute atomic E-state index is 10.2. The van der Waals surface area contributed by atoms with Crippen molar-refractivity contribution >= 4 is 0 Å². The molecular weight excluding hydrogens is 236 g/mol. The highest BCUT2D eigenvalue weighted by atomic mass is 16.3. The van der Waals surface area contributed by atoms with Gasteiger partial charge in [0.15, 0.2) is 0 Å². The van der Waals surface area contributed by atoms with Gasteiger partial charge in [0, 0.05) is 0 Å².